The molecule has 0 radical (unpaired) electrons. The molecule has 0 atom stereocenters. The van der Waals surface area contributed by atoms with Gasteiger partial charge in [0.25, 0.3) is 0 Å². The van der Waals surface area contributed by atoms with Crippen LogP contribution in [0.25, 0.3) is 6.08 Å². The fraction of sp³-hybridized carbons (Fsp3) is 0.125. The van der Waals surface area contributed by atoms with Gasteiger partial charge in [0.15, 0.2) is 11.4 Å². The van der Waals surface area contributed by atoms with Crippen LogP contribution in [0.1, 0.15) is 0 Å². The molecule has 0 aliphatic carbocycles. The van der Waals surface area contributed by atoms with E-state index in [4.69, 9.17) is 4.74 Å². The Balaban J connectivity index is 2.50. The van der Waals surface area contributed by atoms with Crippen LogP contribution in [-0.4, -0.2) is 6.61 Å². The first kappa shape index (κ1) is 5.88. The van der Waals surface area contributed by atoms with Crippen molar-refractivity contribution in [3.05, 3.63) is 22.7 Å². The van der Waals surface area contributed by atoms with Gasteiger partial charge in [0.2, 0.25) is 0 Å². The van der Waals surface area contributed by atoms with Crippen molar-refractivity contribution < 1.29 is 4.74 Å². The third-order valence-corrected chi connectivity index (χ3v) is 1.97. The summed E-state index contributed by atoms with van der Waals surface area (Å²) >= 11 is 0. The maximum Gasteiger partial charge on any atom is 0.158 e. The average molecular weight is 159 g/mol. The Morgan fingerprint density at radius 3 is 3.33 bits per heavy atom. The number of nitrogens with zero attached hydrogens (tertiary/aromatic N) is 3. The molecule has 0 saturated carbocycles. The first-order valence-corrected chi connectivity index (χ1v) is 3.70. The molecular weight excluding hydrogens is 154 g/mol. The predicted octanol–water partition coefficient (Wildman–Crippen LogP) is 0.491. The summed E-state index contributed by atoms with van der Waals surface area (Å²) in [5.74, 6) is 0.817. The van der Waals surface area contributed by atoms with E-state index in [2.05, 4.69) is 15.4 Å². The van der Waals surface area contributed by atoms with Crippen LogP contribution in [0.4, 0.5) is 5.69 Å². The number of rotatable bonds is 0. The normalized spacial score (nSPS) is 16.0. The van der Waals surface area contributed by atoms with Crippen molar-refractivity contribution in [1.29, 1.82) is 0 Å². The molecular formula is C8H5N3O. The summed E-state index contributed by atoms with van der Waals surface area (Å²) in [6.07, 6.45) is 2.02. The molecule has 2 aliphatic rings. The van der Waals surface area contributed by atoms with E-state index in [1.54, 1.807) is 0 Å². The second-order valence-corrected chi connectivity index (χ2v) is 2.66. The number of benzene rings is 1. The molecule has 2 heterocycles. The molecule has 2 aliphatic heterocycles. The molecule has 0 N–H and O–H groups in total. The lowest BCUT2D eigenvalue weighted by Gasteiger charge is -1.97. The zero-order chi connectivity index (χ0) is 7.97. The lowest BCUT2D eigenvalue weighted by Crippen LogP contribution is -2.07. The van der Waals surface area contributed by atoms with E-state index in [1.807, 2.05) is 18.2 Å². The molecule has 4 heteroatoms. The summed E-state index contributed by atoms with van der Waals surface area (Å²) in [5.41, 5.74) is 0.765. The van der Waals surface area contributed by atoms with Crippen molar-refractivity contribution >= 4 is 11.8 Å². The van der Waals surface area contributed by atoms with E-state index in [0.29, 0.717) is 6.61 Å². The minimum absolute atomic E-state index is 0.626. The molecule has 12 heavy (non-hydrogen) atoms. The fourth-order valence-electron chi connectivity index (χ4n) is 1.40. The van der Waals surface area contributed by atoms with Crippen LogP contribution >= 0.6 is 0 Å². The minimum atomic E-state index is 0.626. The van der Waals surface area contributed by atoms with Crippen LogP contribution in [0.15, 0.2) is 27.6 Å². The maximum absolute atomic E-state index is 5.37. The Morgan fingerprint density at radius 2 is 2.33 bits per heavy atom. The van der Waals surface area contributed by atoms with Gasteiger partial charge in [-0.05, 0) is 23.4 Å². The monoisotopic (exact) mass is 159 g/mol. The summed E-state index contributed by atoms with van der Waals surface area (Å²) in [7, 11) is 0. The highest BCUT2D eigenvalue weighted by Crippen LogP contribution is 2.23. The molecule has 0 saturated heterocycles. The van der Waals surface area contributed by atoms with Gasteiger partial charge in [0.1, 0.15) is 12.0 Å². The molecule has 0 bridgehead atoms. The van der Waals surface area contributed by atoms with Crippen LogP contribution in [0.5, 0.6) is 5.75 Å². The van der Waals surface area contributed by atoms with Crippen LogP contribution in [-0.2, 0) is 0 Å². The van der Waals surface area contributed by atoms with Gasteiger partial charge >= 0.3 is 0 Å². The molecule has 0 unspecified atom stereocenters. The third-order valence-electron chi connectivity index (χ3n) is 1.97. The van der Waals surface area contributed by atoms with Crippen molar-refractivity contribution in [2.75, 3.05) is 6.61 Å². The van der Waals surface area contributed by atoms with E-state index in [1.165, 1.54) is 0 Å². The second-order valence-electron chi connectivity index (χ2n) is 2.66. The van der Waals surface area contributed by atoms with Crippen LogP contribution < -0.4 is 15.3 Å². The van der Waals surface area contributed by atoms with E-state index in [0.717, 1.165) is 22.0 Å². The SMILES string of the molecule is C1=c2ccc3c(c2OC1)N=NN=3. The number of ether oxygens (including phenoxy) is 1. The molecule has 0 amide bonds. The third kappa shape index (κ3) is 0.592. The van der Waals surface area contributed by atoms with Crippen LogP contribution in [0, 0.1) is 0 Å². The lowest BCUT2D eigenvalue weighted by molar-refractivity contribution is 0.386. The highest BCUT2D eigenvalue weighted by molar-refractivity contribution is 5.57. The van der Waals surface area contributed by atoms with Gasteiger partial charge in [-0.3, -0.25) is 0 Å². The highest BCUT2D eigenvalue weighted by Gasteiger charge is 2.13. The molecule has 58 valence electrons. The average Bonchev–Trinajstić information content (AvgIpc) is 2.71. The Kier molecular flexibility index (Phi) is 0.935. The zero-order valence-electron chi connectivity index (χ0n) is 6.19. The first-order chi connectivity index (χ1) is 5.95. The van der Waals surface area contributed by atoms with Crippen molar-refractivity contribution in [3.8, 4) is 5.75 Å². The zero-order valence-corrected chi connectivity index (χ0v) is 6.19. The molecule has 0 spiro atoms. The largest absolute Gasteiger partial charge is 0.486 e. The maximum atomic E-state index is 5.37. The Bertz CT molecular complexity index is 490. The van der Waals surface area contributed by atoms with E-state index >= 15 is 0 Å². The topological polar surface area (TPSA) is 46.3 Å². The summed E-state index contributed by atoms with van der Waals surface area (Å²) in [5, 5.41) is 13.2. The van der Waals surface area contributed by atoms with Gasteiger partial charge in [-0.15, -0.1) is 10.2 Å². The van der Waals surface area contributed by atoms with Gasteiger partial charge in [-0.25, -0.2) is 0 Å². The second kappa shape index (κ2) is 1.91. The summed E-state index contributed by atoms with van der Waals surface area (Å²) in [4.78, 5) is 0. The Hall–Kier alpha value is -1.71. The molecule has 4 nitrogen and oxygen atoms in total. The quantitative estimate of drug-likeness (QED) is 0.543. The van der Waals surface area contributed by atoms with Gasteiger partial charge in [0.05, 0.1) is 0 Å². The van der Waals surface area contributed by atoms with Crippen LogP contribution in [0.2, 0.25) is 0 Å². The van der Waals surface area contributed by atoms with E-state index in [9.17, 15) is 0 Å². The fourth-order valence-corrected chi connectivity index (χ4v) is 1.40. The smallest absolute Gasteiger partial charge is 0.158 e. The lowest BCUT2D eigenvalue weighted by atomic mass is 10.2. The molecule has 3 rings (SSSR count). The van der Waals surface area contributed by atoms with Gasteiger partial charge in [-0.1, -0.05) is 0 Å². The van der Waals surface area contributed by atoms with Crippen molar-refractivity contribution in [2.45, 2.75) is 0 Å². The molecule has 0 aromatic heterocycles. The standard InChI is InChI=1S/C8H5N3O/c1-2-6-7(10-11-9-6)8-5(1)3-4-12-8/h1-3H,4H2. The number of hydrogen-bond acceptors (Lipinski definition) is 4. The minimum Gasteiger partial charge on any atom is -0.486 e. The predicted molar refractivity (Wildman–Crippen MR) is 41.7 cm³/mol. The Morgan fingerprint density at radius 1 is 1.33 bits per heavy atom. The van der Waals surface area contributed by atoms with Gasteiger partial charge < -0.3 is 4.74 Å². The number of fused-ring (bicyclic) bond motifs is 3. The first-order valence-electron chi connectivity index (χ1n) is 3.70. The Labute approximate surface area is 67.9 Å². The summed E-state index contributed by atoms with van der Waals surface area (Å²) in [6.45, 7) is 0.626. The molecule has 1 aromatic carbocycles. The van der Waals surface area contributed by atoms with Crippen molar-refractivity contribution in [2.24, 2.45) is 15.4 Å². The van der Waals surface area contributed by atoms with Crippen LogP contribution in [0.3, 0.4) is 0 Å². The molecule has 0 fully saturated rings. The van der Waals surface area contributed by atoms with Crippen molar-refractivity contribution in [3.63, 3.8) is 0 Å². The summed E-state index contributed by atoms with van der Waals surface area (Å²) in [6, 6.07) is 3.88. The number of hydrogen-bond donors (Lipinski definition) is 0. The van der Waals surface area contributed by atoms with E-state index < -0.39 is 0 Å². The van der Waals surface area contributed by atoms with Gasteiger partial charge in [0, 0.05) is 5.22 Å². The van der Waals surface area contributed by atoms with E-state index in [-0.39, 0.29) is 0 Å². The highest BCUT2D eigenvalue weighted by atomic mass is 16.5. The van der Waals surface area contributed by atoms with Crippen molar-refractivity contribution in [1.82, 2.24) is 0 Å². The summed E-state index contributed by atoms with van der Waals surface area (Å²) < 4.78 is 5.37. The van der Waals surface area contributed by atoms with Gasteiger partial charge in [-0.2, -0.15) is 0 Å². The molecule has 1 aromatic rings.